The van der Waals surface area contributed by atoms with Crippen LogP contribution in [0.4, 0.5) is 4.39 Å². The highest BCUT2D eigenvalue weighted by molar-refractivity contribution is 9.11. The molecule has 1 aromatic carbocycles. The van der Waals surface area contributed by atoms with Crippen LogP contribution in [0.1, 0.15) is 5.56 Å². The third-order valence-corrected chi connectivity index (χ3v) is 3.15. The molecule has 0 saturated carbocycles. The first kappa shape index (κ1) is 9.97. The summed E-state index contributed by atoms with van der Waals surface area (Å²) < 4.78 is 13.6. The molecule has 0 aliphatic rings. The van der Waals surface area contributed by atoms with Crippen molar-refractivity contribution in [2.75, 3.05) is 0 Å². The molecule has 0 saturated heterocycles. The number of benzene rings is 1. The molecule has 0 unspecified atom stereocenters. The van der Waals surface area contributed by atoms with E-state index < -0.39 is 5.82 Å². The fourth-order valence-corrected chi connectivity index (χ4v) is 1.81. The standard InChI is InChI=1S/C7HBr2ClFN/c8-4-1-5(10)6(9)3(2-12)7(4)11/h1H. The van der Waals surface area contributed by atoms with E-state index in [1.807, 2.05) is 0 Å². The van der Waals surface area contributed by atoms with Crippen molar-refractivity contribution in [2.24, 2.45) is 0 Å². The van der Waals surface area contributed by atoms with E-state index in [9.17, 15) is 4.39 Å². The molecule has 0 bridgehead atoms. The second-order valence-electron chi connectivity index (χ2n) is 1.95. The van der Waals surface area contributed by atoms with Crippen LogP contribution >= 0.6 is 43.5 Å². The Hall–Kier alpha value is -0.110. The molecule has 62 valence electrons. The molecule has 1 nitrogen and oxygen atoms in total. The Morgan fingerprint density at radius 3 is 2.58 bits per heavy atom. The largest absolute Gasteiger partial charge is 0.204 e. The molecule has 5 heteroatoms. The zero-order chi connectivity index (χ0) is 9.30. The molecule has 0 spiro atoms. The van der Waals surface area contributed by atoms with Gasteiger partial charge in [0.15, 0.2) is 5.82 Å². The van der Waals surface area contributed by atoms with E-state index in [0.29, 0.717) is 5.02 Å². The molecule has 0 aliphatic carbocycles. The summed E-state index contributed by atoms with van der Waals surface area (Å²) in [5.41, 5.74) is -0.0885. The Morgan fingerprint density at radius 1 is 1.50 bits per heavy atom. The average Bonchev–Trinajstić information content (AvgIpc) is 2.02. The first-order valence-corrected chi connectivity index (χ1v) is 4.77. The van der Waals surface area contributed by atoms with Gasteiger partial charge in [0, 0.05) is 0 Å². The van der Waals surface area contributed by atoms with Crippen molar-refractivity contribution in [3.8, 4) is 6.07 Å². The van der Waals surface area contributed by atoms with Crippen molar-refractivity contribution < 1.29 is 4.39 Å². The normalized spacial score (nSPS) is 9.58. The first-order chi connectivity index (χ1) is 5.57. The second-order valence-corrected chi connectivity index (χ2v) is 4.01. The number of rotatable bonds is 0. The van der Waals surface area contributed by atoms with Crippen LogP contribution in [0.2, 0.25) is 5.02 Å². The Morgan fingerprint density at radius 2 is 2.08 bits per heavy atom. The van der Waals surface area contributed by atoms with E-state index in [4.69, 9.17) is 16.9 Å². The monoisotopic (exact) mass is 311 g/mol. The van der Waals surface area contributed by atoms with Gasteiger partial charge in [0.1, 0.15) is 11.6 Å². The van der Waals surface area contributed by atoms with Crippen molar-refractivity contribution in [3.05, 3.63) is 31.4 Å². The molecular formula is C7HBr2ClFN. The maximum absolute atomic E-state index is 13.1. The second kappa shape index (κ2) is 3.73. The molecule has 0 aromatic heterocycles. The lowest BCUT2D eigenvalue weighted by atomic mass is 10.2. The summed E-state index contributed by atoms with van der Waals surface area (Å²) in [7, 11) is 0. The van der Waals surface area contributed by atoms with Gasteiger partial charge in [-0.15, -0.1) is 0 Å². The average molecular weight is 313 g/mol. The van der Waals surface area contributed by atoms with E-state index in [-0.39, 0.29) is 14.5 Å². The van der Waals surface area contributed by atoms with E-state index >= 15 is 0 Å². The van der Waals surface area contributed by atoms with Crippen LogP contribution < -0.4 is 0 Å². The van der Waals surface area contributed by atoms with E-state index in [1.54, 1.807) is 6.07 Å². The van der Waals surface area contributed by atoms with Crippen LogP contribution in [0.3, 0.4) is 0 Å². The highest BCUT2D eigenvalue weighted by Crippen LogP contribution is 2.32. The van der Waals surface area contributed by atoms with E-state index in [1.165, 1.54) is 6.07 Å². The van der Waals surface area contributed by atoms with Gasteiger partial charge in [0.2, 0.25) is 0 Å². The van der Waals surface area contributed by atoms with Crippen LogP contribution in [0.25, 0.3) is 0 Å². The van der Waals surface area contributed by atoms with Gasteiger partial charge in [-0.2, -0.15) is 5.26 Å². The van der Waals surface area contributed by atoms with Crippen molar-refractivity contribution in [1.82, 2.24) is 0 Å². The molecule has 12 heavy (non-hydrogen) atoms. The van der Waals surface area contributed by atoms with Crippen LogP contribution in [-0.4, -0.2) is 0 Å². The maximum Gasteiger partial charge on any atom is 0.156 e. The van der Waals surface area contributed by atoms with Gasteiger partial charge in [-0.1, -0.05) is 11.6 Å². The SMILES string of the molecule is N#Cc1c(F)c(Br)cc(Cl)c1Br. The summed E-state index contributed by atoms with van der Waals surface area (Å²) in [5, 5.41) is 8.85. The van der Waals surface area contributed by atoms with Gasteiger partial charge < -0.3 is 0 Å². The number of hydrogen-bond donors (Lipinski definition) is 0. The van der Waals surface area contributed by atoms with Crippen molar-refractivity contribution in [1.29, 1.82) is 5.26 Å². The summed E-state index contributed by atoms with van der Waals surface area (Å²) in [6, 6.07) is 3.10. The summed E-state index contributed by atoms with van der Waals surface area (Å²) in [6.07, 6.45) is 0. The topological polar surface area (TPSA) is 23.8 Å². The zero-order valence-corrected chi connectivity index (χ0v) is 9.46. The fourth-order valence-electron chi connectivity index (χ4n) is 0.671. The predicted molar refractivity (Wildman–Crippen MR) is 51.5 cm³/mol. The molecular weight excluding hydrogens is 312 g/mol. The van der Waals surface area contributed by atoms with Gasteiger partial charge >= 0.3 is 0 Å². The highest BCUT2D eigenvalue weighted by atomic mass is 79.9. The quantitative estimate of drug-likeness (QED) is 0.667. The van der Waals surface area contributed by atoms with Gasteiger partial charge in [0.05, 0.1) is 14.0 Å². The van der Waals surface area contributed by atoms with Crippen molar-refractivity contribution >= 4 is 43.5 Å². The van der Waals surface area contributed by atoms with Gasteiger partial charge in [0.25, 0.3) is 0 Å². The van der Waals surface area contributed by atoms with Crippen LogP contribution in [0.15, 0.2) is 15.0 Å². The lowest BCUT2D eigenvalue weighted by Gasteiger charge is -2.01. The Labute approximate surface area is 90.4 Å². The molecule has 0 N–H and O–H groups in total. The summed E-state index contributed by atoms with van der Waals surface area (Å²) in [4.78, 5) is 0. The molecule has 0 amide bonds. The smallest absolute Gasteiger partial charge is 0.156 e. The predicted octanol–water partition coefficient (Wildman–Crippen LogP) is 3.88. The maximum atomic E-state index is 13.1. The third kappa shape index (κ3) is 1.63. The fraction of sp³-hybridized carbons (Fsp3) is 0. The molecule has 1 rings (SSSR count). The minimum Gasteiger partial charge on any atom is -0.204 e. The third-order valence-electron chi connectivity index (χ3n) is 1.22. The summed E-state index contributed by atoms with van der Waals surface area (Å²) in [6.45, 7) is 0. The molecule has 0 fully saturated rings. The van der Waals surface area contributed by atoms with Crippen LogP contribution in [-0.2, 0) is 0 Å². The lowest BCUT2D eigenvalue weighted by Crippen LogP contribution is -1.88. The van der Waals surface area contributed by atoms with E-state index in [2.05, 4.69) is 31.9 Å². The summed E-state index contributed by atoms with van der Waals surface area (Å²) in [5.74, 6) is -0.603. The first-order valence-electron chi connectivity index (χ1n) is 2.81. The number of nitriles is 1. The Balaban J connectivity index is 3.56. The molecule has 0 radical (unpaired) electrons. The van der Waals surface area contributed by atoms with Gasteiger partial charge in [-0.3, -0.25) is 0 Å². The van der Waals surface area contributed by atoms with Crippen LogP contribution in [0, 0.1) is 17.1 Å². The zero-order valence-electron chi connectivity index (χ0n) is 5.54. The number of halogens is 4. The number of hydrogen-bond acceptors (Lipinski definition) is 1. The number of nitrogens with zero attached hydrogens (tertiary/aromatic N) is 1. The van der Waals surface area contributed by atoms with Gasteiger partial charge in [-0.05, 0) is 37.9 Å². The minimum absolute atomic E-state index is 0.0885. The minimum atomic E-state index is -0.603. The van der Waals surface area contributed by atoms with Gasteiger partial charge in [-0.25, -0.2) is 4.39 Å². The Bertz CT molecular complexity index is 346. The van der Waals surface area contributed by atoms with E-state index in [0.717, 1.165) is 0 Å². The molecule has 0 atom stereocenters. The summed E-state index contributed by atoms with van der Waals surface area (Å²) >= 11 is 11.6. The lowest BCUT2D eigenvalue weighted by molar-refractivity contribution is 0.616. The molecule has 0 aliphatic heterocycles. The van der Waals surface area contributed by atoms with Crippen molar-refractivity contribution in [2.45, 2.75) is 0 Å². The molecule has 1 aromatic rings. The Kier molecular flexibility index (Phi) is 3.10. The van der Waals surface area contributed by atoms with Crippen molar-refractivity contribution in [3.63, 3.8) is 0 Å². The molecule has 0 heterocycles. The highest BCUT2D eigenvalue weighted by Gasteiger charge is 2.13. The van der Waals surface area contributed by atoms with Crippen LogP contribution in [0.5, 0.6) is 0 Å².